The molecule has 0 atom stereocenters. The molecule has 0 aromatic carbocycles. The highest BCUT2D eigenvalue weighted by atomic mass is 127. The molecule has 1 aromatic rings. The summed E-state index contributed by atoms with van der Waals surface area (Å²) < 4.78 is 2.36. The predicted molar refractivity (Wildman–Crippen MR) is 131 cm³/mol. The maximum Gasteiger partial charge on any atom is 0.191 e. The summed E-state index contributed by atoms with van der Waals surface area (Å²) in [6, 6.07) is 0.582. The number of nitrogens with zero attached hydrogens (tertiary/aromatic N) is 4. The molecule has 6 nitrogen and oxygen atoms in total. The minimum atomic E-state index is 0. The van der Waals surface area contributed by atoms with Crippen LogP contribution in [0.1, 0.15) is 89.7 Å². The Morgan fingerprint density at radius 3 is 2.69 bits per heavy atom. The number of aryl methyl sites for hydroxylation is 2. The molecule has 1 aromatic heterocycles. The number of halogens is 1. The van der Waals surface area contributed by atoms with E-state index in [1.54, 1.807) is 0 Å². The van der Waals surface area contributed by atoms with Crippen molar-refractivity contribution in [1.82, 2.24) is 25.4 Å². The molecule has 7 heteroatoms. The van der Waals surface area contributed by atoms with Gasteiger partial charge in [-0.2, -0.15) is 0 Å². The van der Waals surface area contributed by atoms with Crippen LogP contribution in [0.25, 0.3) is 0 Å². The van der Waals surface area contributed by atoms with Crippen LogP contribution in [0.5, 0.6) is 0 Å². The zero-order valence-electron chi connectivity index (χ0n) is 18.5. The second-order valence-corrected chi connectivity index (χ2v) is 8.51. The van der Waals surface area contributed by atoms with E-state index < -0.39 is 0 Å². The van der Waals surface area contributed by atoms with E-state index in [0.29, 0.717) is 6.04 Å². The average molecular weight is 517 g/mol. The fourth-order valence-corrected chi connectivity index (χ4v) is 4.68. The van der Waals surface area contributed by atoms with E-state index in [4.69, 9.17) is 4.99 Å². The molecule has 0 amide bonds. The second kappa shape index (κ2) is 13.4. The third kappa shape index (κ3) is 7.72. The summed E-state index contributed by atoms with van der Waals surface area (Å²) in [5, 5.41) is 16.0. The number of nitrogens with one attached hydrogen (secondary N) is 2. The van der Waals surface area contributed by atoms with Crippen LogP contribution < -0.4 is 10.6 Å². The summed E-state index contributed by atoms with van der Waals surface area (Å²) in [4.78, 5) is 4.83. The Kier molecular flexibility index (Phi) is 11.3. The number of rotatable bonds is 8. The smallest absolute Gasteiger partial charge is 0.191 e. The largest absolute Gasteiger partial charge is 0.357 e. The molecule has 1 aliphatic heterocycles. The molecule has 0 spiro atoms. The van der Waals surface area contributed by atoms with Crippen molar-refractivity contribution in [2.24, 2.45) is 10.9 Å². The van der Waals surface area contributed by atoms with Crippen LogP contribution in [0.15, 0.2) is 4.99 Å². The monoisotopic (exact) mass is 516 g/mol. The fourth-order valence-electron chi connectivity index (χ4n) is 4.68. The molecule has 0 radical (unpaired) electrons. The molecule has 3 rings (SSSR count). The zero-order chi connectivity index (χ0) is 19.6. The lowest BCUT2D eigenvalue weighted by Crippen LogP contribution is -2.45. The third-order valence-electron chi connectivity index (χ3n) is 6.24. The second-order valence-electron chi connectivity index (χ2n) is 8.51. The minimum absolute atomic E-state index is 0. The predicted octanol–water partition coefficient (Wildman–Crippen LogP) is 4.47. The van der Waals surface area contributed by atoms with E-state index in [0.717, 1.165) is 56.6 Å². The Balaban J connectivity index is 0.00000300. The van der Waals surface area contributed by atoms with Gasteiger partial charge in [0.1, 0.15) is 11.6 Å². The molecule has 0 bridgehead atoms. The van der Waals surface area contributed by atoms with Crippen molar-refractivity contribution in [3.8, 4) is 0 Å². The standard InChI is InChI=1S/C22H40N6.HI/c1-3-9-18-12-14-19(15-13-18)25-22(23-4-2)24-16-8-11-21-27-26-20-10-6-5-7-17-28(20)21;/h18-19H,3-17H2,1-2H3,(H2,23,24,25);1H. The van der Waals surface area contributed by atoms with Crippen molar-refractivity contribution in [2.75, 3.05) is 13.1 Å². The summed E-state index contributed by atoms with van der Waals surface area (Å²) in [6.07, 6.45) is 14.9. The van der Waals surface area contributed by atoms with Gasteiger partial charge in [-0.1, -0.05) is 26.2 Å². The zero-order valence-corrected chi connectivity index (χ0v) is 20.8. The SMILES string of the molecule is CCCC1CCC(NC(=NCCCc2nnc3n2CCCCC3)NCC)CC1.I. The van der Waals surface area contributed by atoms with Gasteiger partial charge in [0, 0.05) is 38.5 Å². The van der Waals surface area contributed by atoms with E-state index in [1.165, 1.54) is 63.6 Å². The average Bonchev–Trinajstić information content (AvgIpc) is 2.93. The maximum atomic E-state index is 4.83. The number of guanidine groups is 1. The Labute approximate surface area is 194 Å². The molecule has 2 heterocycles. The summed E-state index contributed by atoms with van der Waals surface area (Å²) in [5.74, 6) is 4.27. The van der Waals surface area contributed by atoms with Gasteiger partial charge >= 0.3 is 0 Å². The van der Waals surface area contributed by atoms with Crippen LogP contribution in [-0.4, -0.2) is 39.9 Å². The highest BCUT2D eigenvalue weighted by Gasteiger charge is 2.21. The van der Waals surface area contributed by atoms with Gasteiger partial charge in [-0.05, 0) is 57.8 Å². The third-order valence-corrected chi connectivity index (χ3v) is 6.24. The van der Waals surface area contributed by atoms with Crippen molar-refractivity contribution in [3.63, 3.8) is 0 Å². The molecule has 2 N–H and O–H groups in total. The first-order valence-electron chi connectivity index (χ1n) is 11.8. The number of aliphatic imine (C=N–C) groups is 1. The van der Waals surface area contributed by atoms with Gasteiger partial charge < -0.3 is 15.2 Å². The molecule has 1 fully saturated rings. The molecule has 2 aliphatic rings. The fraction of sp³-hybridized carbons (Fsp3) is 0.864. The van der Waals surface area contributed by atoms with Gasteiger partial charge in [-0.3, -0.25) is 4.99 Å². The molecule has 0 saturated heterocycles. The molecule has 0 unspecified atom stereocenters. The summed E-state index contributed by atoms with van der Waals surface area (Å²) in [5.41, 5.74) is 0. The van der Waals surface area contributed by atoms with E-state index in [1.807, 2.05) is 0 Å². The summed E-state index contributed by atoms with van der Waals surface area (Å²) in [6.45, 7) is 7.28. The van der Waals surface area contributed by atoms with Gasteiger partial charge in [0.2, 0.25) is 0 Å². The van der Waals surface area contributed by atoms with E-state index in [9.17, 15) is 0 Å². The normalized spacial score (nSPS) is 22.3. The number of hydrogen-bond donors (Lipinski definition) is 2. The van der Waals surface area contributed by atoms with Crippen LogP contribution in [-0.2, 0) is 19.4 Å². The lowest BCUT2D eigenvalue weighted by Gasteiger charge is -2.30. The Bertz CT molecular complexity index is 606. The highest BCUT2D eigenvalue weighted by Crippen LogP contribution is 2.27. The number of aromatic nitrogens is 3. The van der Waals surface area contributed by atoms with Crippen molar-refractivity contribution < 1.29 is 0 Å². The van der Waals surface area contributed by atoms with Crippen molar-refractivity contribution in [1.29, 1.82) is 0 Å². The summed E-state index contributed by atoms with van der Waals surface area (Å²) in [7, 11) is 0. The topological polar surface area (TPSA) is 67.1 Å². The van der Waals surface area contributed by atoms with Gasteiger partial charge in [0.05, 0.1) is 0 Å². The Hall–Kier alpha value is -0.860. The Morgan fingerprint density at radius 2 is 1.93 bits per heavy atom. The minimum Gasteiger partial charge on any atom is -0.357 e. The molecule has 1 aliphatic carbocycles. The highest BCUT2D eigenvalue weighted by molar-refractivity contribution is 14.0. The van der Waals surface area contributed by atoms with Crippen molar-refractivity contribution in [3.05, 3.63) is 11.6 Å². The van der Waals surface area contributed by atoms with E-state index >= 15 is 0 Å². The molecular weight excluding hydrogens is 475 g/mol. The van der Waals surface area contributed by atoms with Crippen molar-refractivity contribution >= 4 is 29.9 Å². The van der Waals surface area contributed by atoms with E-state index in [-0.39, 0.29) is 24.0 Å². The summed E-state index contributed by atoms with van der Waals surface area (Å²) >= 11 is 0. The van der Waals surface area contributed by atoms with Crippen LogP contribution in [0.2, 0.25) is 0 Å². The lowest BCUT2D eigenvalue weighted by atomic mass is 9.83. The van der Waals surface area contributed by atoms with Gasteiger partial charge in [0.15, 0.2) is 5.96 Å². The van der Waals surface area contributed by atoms with Gasteiger partial charge in [-0.15, -0.1) is 34.2 Å². The van der Waals surface area contributed by atoms with Gasteiger partial charge in [-0.25, -0.2) is 0 Å². The van der Waals surface area contributed by atoms with Crippen molar-refractivity contribution in [2.45, 2.75) is 103 Å². The first kappa shape index (κ1) is 24.4. The Morgan fingerprint density at radius 1 is 1.10 bits per heavy atom. The van der Waals surface area contributed by atoms with Crippen LogP contribution >= 0.6 is 24.0 Å². The first-order chi connectivity index (χ1) is 13.8. The quantitative estimate of drug-likeness (QED) is 0.232. The van der Waals surface area contributed by atoms with Gasteiger partial charge in [0.25, 0.3) is 0 Å². The van der Waals surface area contributed by atoms with Crippen LogP contribution in [0.3, 0.4) is 0 Å². The number of fused-ring (bicyclic) bond motifs is 1. The van der Waals surface area contributed by atoms with Crippen LogP contribution in [0, 0.1) is 5.92 Å². The van der Waals surface area contributed by atoms with Crippen LogP contribution in [0.4, 0.5) is 0 Å². The molecule has 29 heavy (non-hydrogen) atoms. The molecule has 1 saturated carbocycles. The first-order valence-corrected chi connectivity index (χ1v) is 11.8. The van der Waals surface area contributed by atoms with E-state index in [2.05, 4.69) is 39.2 Å². The lowest BCUT2D eigenvalue weighted by molar-refractivity contribution is 0.295. The maximum absolute atomic E-state index is 4.83. The molecular formula is C22H41IN6. The molecule has 166 valence electrons. The number of hydrogen-bond acceptors (Lipinski definition) is 3.